The molecule has 0 aliphatic heterocycles. The number of fused-ring (bicyclic) bond motifs is 3. The van der Waals surface area contributed by atoms with Gasteiger partial charge in [0.25, 0.3) is 0 Å². The van der Waals surface area contributed by atoms with E-state index in [-0.39, 0.29) is 11.6 Å². The highest BCUT2D eigenvalue weighted by Crippen LogP contribution is 2.30. The van der Waals surface area contributed by atoms with Gasteiger partial charge in [-0.25, -0.2) is 18.7 Å². The molecule has 3 heterocycles. The number of hydrogen-bond acceptors (Lipinski definition) is 5. The van der Waals surface area contributed by atoms with Crippen LogP contribution in [0.5, 0.6) is 11.5 Å². The van der Waals surface area contributed by atoms with E-state index in [0.717, 1.165) is 5.39 Å². The lowest BCUT2D eigenvalue weighted by Crippen LogP contribution is -2.01. The molecule has 0 atom stereocenters. The Bertz CT molecular complexity index is 1320. The van der Waals surface area contributed by atoms with E-state index in [0.29, 0.717) is 34.4 Å². The van der Waals surface area contributed by atoms with Gasteiger partial charge in [0.15, 0.2) is 17.0 Å². The van der Waals surface area contributed by atoms with E-state index in [1.807, 2.05) is 0 Å². The molecule has 5 rings (SSSR count). The highest BCUT2D eigenvalue weighted by molar-refractivity contribution is 5.82. The molecule has 2 aromatic carbocycles. The number of imidazole rings is 1. The summed E-state index contributed by atoms with van der Waals surface area (Å²) in [5.74, 6) is 0.703. The second kappa shape index (κ2) is 6.83. The number of ether oxygens (including phenoxy) is 1. The molecule has 0 aliphatic rings. The Balaban J connectivity index is 1.55. The predicted molar refractivity (Wildman–Crippen MR) is 104 cm³/mol. The fraction of sp³-hybridized carbons (Fsp3) is 0. The molecule has 0 radical (unpaired) electrons. The van der Waals surface area contributed by atoms with Crippen LogP contribution in [0.1, 0.15) is 0 Å². The Morgan fingerprint density at radius 3 is 2.34 bits per heavy atom. The highest BCUT2D eigenvalue weighted by Gasteiger charge is 2.12. The minimum atomic E-state index is -0.337. The molecule has 0 spiro atoms. The number of anilines is 2. The van der Waals surface area contributed by atoms with Crippen LogP contribution in [0.25, 0.3) is 16.7 Å². The third-order valence-corrected chi connectivity index (χ3v) is 4.31. The van der Waals surface area contributed by atoms with Crippen LogP contribution in [-0.4, -0.2) is 19.4 Å². The molecular formula is C21H13F2N5O. The summed E-state index contributed by atoms with van der Waals surface area (Å²) in [6.07, 6.45) is 5.07. The van der Waals surface area contributed by atoms with E-state index in [2.05, 4.69) is 20.3 Å². The number of rotatable bonds is 4. The van der Waals surface area contributed by atoms with Crippen molar-refractivity contribution in [2.24, 2.45) is 0 Å². The molecule has 0 saturated heterocycles. The van der Waals surface area contributed by atoms with E-state index >= 15 is 0 Å². The summed E-state index contributed by atoms with van der Waals surface area (Å²) in [6.45, 7) is 0. The molecule has 0 aliphatic carbocycles. The number of halogens is 2. The van der Waals surface area contributed by atoms with Crippen LogP contribution in [0.15, 0.2) is 73.2 Å². The lowest BCUT2D eigenvalue weighted by Gasteiger charge is -2.11. The molecule has 5 aromatic rings. The molecule has 29 heavy (non-hydrogen) atoms. The maximum atomic E-state index is 13.1. The minimum absolute atomic E-state index is 0.316. The molecule has 0 fully saturated rings. The topological polar surface area (TPSA) is 64.3 Å². The molecule has 0 amide bonds. The van der Waals surface area contributed by atoms with Crippen molar-refractivity contribution in [2.75, 3.05) is 5.32 Å². The zero-order valence-corrected chi connectivity index (χ0v) is 14.9. The van der Waals surface area contributed by atoms with Crippen LogP contribution in [-0.2, 0) is 0 Å². The van der Waals surface area contributed by atoms with Crippen LogP contribution in [0, 0.1) is 11.6 Å². The SMILES string of the molecule is Fc1ccc(Nc2ncc3cc(Oc4ccc(F)cc4)c4nccn4c3n2)cc1. The van der Waals surface area contributed by atoms with Gasteiger partial charge >= 0.3 is 0 Å². The smallest absolute Gasteiger partial charge is 0.229 e. The quantitative estimate of drug-likeness (QED) is 0.464. The second-order valence-corrected chi connectivity index (χ2v) is 6.29. The Hall–Kier alpha value is -4.07. The summed E-state index contributed by atoms with van der Waals surface area (Å²) < 4.78 is 33.9. The Morgan fingerprint density at radius 2 is 1.59 bits per heavy atom. The van der Waals surface area contributed by atoms with Gasteiger partial charge in [0.1, 0.15) is 17.4 Å². The van der Waals surface area contributed by atoms with Gasteiger partial charge in [0.05, 0.1) is 0 Å². The zero-order chi connectivity index (χ0) is 19.8. The maximum Gasteiger partial charge on any atom is 0.229 e. The lowest BCUT2D eigenvalue weighted by molar-refractivity contribution is 0.483. The molecular weight excluding hydrogens is 376 g/mol. The van der Waals surface area contributed by atoms with Crippen molar-refractivity contribution in [1.29, 1.82) is 0 Å². The second-order valence-electron chi connectivity index (χ2n) is 6.29. The molecule has 6 nitrogen and oxygen atoms in total. The van der Waals surface area contributed by atoms with Gasteiger partial charge in [-0.15, -0.1) is 0 Å². The van der Waals surface area contributed by atoms with E-state index in [1.54, 1.807) is 53.3 Å². The van der Waals surface area contributed by atoms with Crippen LogP contribution in [0.3, 0.4) is 0 Å². The minimum Gasteiger partial charge on any atom is -0.453 e. The van der Waals surface area contributed by atoms with Crippen molar-refractivity contribution in [3.63, 3.8) is 0 Å². The third kappa shape index (κ3) is 3.31. The first-order valence-corrected chi connectivity index (χ1v) is 8.74. The molecule has 1 N–H and O–H groups in total. The molecule has 0 bridgehead atoms. The maximum absolute atomic E-state index is 13.1. The van der Waals surface area contributed by atoms with Crippen molar-refractivity contribution < 1.29 is 13.5 Å². The summed E-state index contributed by atoms with van der Waals surface area (Å²) in [4.78, 5) is 13.2. The van der Waals surface area contributed by atoms with Crippen molar-refractivity contribution in [3.05, 3.63) is 84.8 Å². The number of nitrogens with zero attached hydrogens (tertiary/aromatic N) is 4. The van der Waals surface area contributed by atoms with Crippen molar-refractivity contribution in [1.82, 2.24) is 19.4 Å². The largest absolute Gasteiger partial charge is 0.453 e. The number of pyridine rings is 1. The first kappa shape index (κ1) is 17.1. The number of nitrogens with one attached hydrogen (secondary N) is 1. The van der Waals surface area contributed by atoms with Crippen molar-refractivity contribution in [2.45, 2.75) is 0 Å². The summed E-state index contributed by atoms with van der Waals surface area (Å²) in [5, 5.41) is 3.78. The Labute approximate surface area is 163 Å². The van der Waals surface area contributed by atoms with Crippen LogP contribution in [0.4, 0.5) is 20.4 Å². The average molecular weight is 389 g/mol. The van der Waals surface area contributed by atoms with Crippen molar-refractivity contribution in [3.8, 4) is 11.5 Å². The van der Waals surface area contributed by atoms with E-state index in [1.165, 1.54) is 24.3 Å². The van der Waals surface area contributed by atoms with Gasteiger partial charge in [-0.05, 0) is 54.6 Å². The van der Waals surface area contributed by atoms with Gasteiger partial charge < -0.3 is 10.1 Å². The molecule has 142 valence electrons. The van der Waals surface area contributed by atoms with Crippen molar-refractivity contribution >= 4 is 28.3 Å². The molecule has 0 saturated carbocycles. The third-order valence-electron chi connectivity index (χ3n) is 4.31. The van der Waals surface area contributed by atoms with Crippen LogP contribution in [0.2, 0.25) is 0 Å². The lowest BCUT2D eigenvalue weighted by atomic mass is 10.3. The Kier molecular flexibility index (Phi) is 4.02. The van der Waals surface area contributed by atoms with Gasteiger partial charge in [-0.3, -0.25) is 4.40 Å². The highest BCUT2D eigenvalue weighted by atomic mass is 19.1. The predicted octanol–water partition coefficient (Wildman–Crippen LogP) is 5.09. The molecule has 8 heteroatoms. The van der Waals surface area contributed by atoms with E-state index in [9.17, 15) is 8.78 Å². The first-order chi connectivity index (χ1) is 14.2. The number of benzene rings is 2. The first-order valence-electron chi connectivity index (χ1n) is 8.74. The van der Waals surface area contributed by atoms with E-state index in [4.69, 9.17) is 4.74 Å². The average Bonchev–Trinajstić information content (AvgIpc) is 3.22. The summed E-state index contributed by atoms with van der Waals surface area (Å²) >= 11 is 0. The normalized spacial score (nSPS) is 11.1. The molecule has 3 aromatic heterocycles. The fourth-order valence-corrected chi connectivity index (χ4v) is 2.97. The summed E-state index contributed by atoms with van der Waals surface area (Å²) in [6, 6.07) is 13.5. The standard InChI is InChI=1S/C21H13F2N5O/c22-14-1-5-16(6-2-14)26-21-25-12-13-11-18(29-17-7-3-15(23)4-8-17)20-24-9-10-28(20)19(13)27-21/h1-12H,(H,25,26,27). The van der Waals surface area contributed by atoms with E-state index < -0.39 is 0 Å². The summed E-state index contributed by atoms with van der Waals surface area (Å²) in [5.41, 5.74) is 1.86. The van der Waals surface area contributed by atoms with Gasteiger partial charge in [0.2, 0.25) is 5.95 Å². The Morgan fingerprint density at radius 1 is 0.862 bits per heavy atom. The summed E-state index contributed by atoms with van der Waals surface area (Å²) in [7, 11) is 0. The fourth-order valence-electron chi connectivity index (χ4n) is 2.97. The molecule has 0 unspecified atom stereocenters. The monoisotopic (exact) mass is 389 g/mol. The van der Waals surface area contributed by atoms with Gasteiger partial charge in [0, 0.05) is 29.7 Å². The van der Waals surface area contributed by atoms with Gasteiger partial charge in [-0.1, -0.05) is 0 Å². The van der Waals surface area contributed by atoms with Gasteiger partial charge in [-0.2, -0.15) is 4.98 Å². The zero-order valence-electron chi connectivity index (χ0n) is 14.9. The van der Waals surface area contributed by atoms with Crippen LogP contribution >= 0.6 is 0 Å². The number of hydrogen-bond donors (Lipinski definition) is 1. The van der Waals surface area contributed by atoms with Crippen LogP contribution < -0.4 is 10.1 Å². The number of aromatic nitrogens is 4.